The Hall–Kier alpha value is -1.00. The van der Waals surface area contributed by atoms with E-state index >= 15 is 0 Å². The summed E-state index contributed by atoms with van der Waals surface area (Å²) in [6.45, 7) is 7.99. The molecule has 0 heterocycles. The molecule has 1 aromatic carbocycles. The van der Waals surface area contributed by atoms with Crippen molar-refractivity contribution < 1.29 is 4.79 Å². The fourth-order valence-corrected chi connectivity index (χ4v) is 2.54. The van der Waals surface area contributed by atoms with Crippen molar-refractivity contribution in [3.05, 3.63) is 29.8 Å². The smallest absolute Gasteiger partial charge is 0.230 e. The second kappa shape index (κ2) is 8.99. The Morgan fingerprint density at radius 3 is 2.84 bits per heavy atom. The second-order valence-corrected chi connectivity index (χ2v) is 5.54. The Labute approximate surface area is 120 Å². The lowest BCUT2D eigenvalue weighted by Crippen LogP contribution is -2.24. The summed E-state index contributed by atoms with van der Waals surface area (Å²) in [5.74, 6) is 0.573. The SMILES string of the molecule is CCCNC(C)c1cccc(SCC(=O)NCC)c1. The number of thioether (sulfide) groups is 1. The average Bonchev–Trinajstić information content (AvgIpc) is 2.43. The van der Waals surface area contributed by atoms with Gasteiger partial charge in [-0.05, 0) is 44.5 Å². The van der Waals surface area contributed by atoms with Gasteiger partial charge in [-0.25, -0.2) is 0 Å². The van der Waals surface area contributed by atoms with Crippen molar-refractivity contribution in [3.8, 4) is 0 Å². The van der Waals surface area contributed by atoms with Crippen LogP contribution in [-0.4, -0.2) is 24.7 Å². The molecule has 0 spiro atoms. The minimum absolute atomic E-state index is 0.0926. The van der Waals surface area contributed by atoms with Gasteiger partial charge >= 0.3 is 0 Å². The van der Waals surface area contributed by atoms with Crippen LogP contribution in [0.5, 0.6) is 0 Å². The zero-order valence-corrected chi connectivity index (χ0v) is 12.8. The number of benzene rings is 1. The van der Waals surface area contributed by atoms with E-state index in [9.17, 15) is 4.79 Å². The van der Waals surface area contributed by atoms with E-state index in [0.717, 1.165) is 17.9 Å². The minimum Gasteiger partial charge on any atom is -0.356 e. The van der Waals surface area contributed by atoms with Crippen LogP contribution in [0.25, 0.3) is 0 Å². The molecule has 0 aliphatic carbocycles. The number of amides is 1. The molecule has 0 aromatic heterocycles. The van der Waals surface area contributed by atoms with Gasteiger partial charge < -0.3 is 10.6 Å². The maximum Gasteiger partial charge on any atom is 0.230 e. The summed E-state index contributed by atoms with van der Waals surface area (Å²) in [4.78, 5) is 12.6. The molecule has 0 saturated heterocycles. The fourth-order valence-electron chi connectivity index (χ4n) is 1.75. The maximum absolute atomic E-state index is 11.4. The molecule has 0 bridgehead atoms. The van der Waals surface area contributed by atoms with Gasteiger partial charge in [-0.2, -0.15) is 0 Å². The quantitative estimate of drug-likeness (QED) is 0.719. The highest BCUT2D eigenvalue weighted by Crippen LogP contribution is 2.22. The molecule has 0 saturated carbocycles. The molecule has 19 heavy (non-hydrogen) atoms. The van der Waals surface area contributed by atoms with Crippen LogP contribution >= 0.6 is 11.8 Å². The zero-order chi connectivity index (χ0) is 14.1. The van der Waals surface area contributed by atoms with Gasteiger partial charge in [0.1, 0.15) is 0 Å². The summed E-state index contributed by atoms with van der Waals surface area (Å²) in [5.41, 5.74) is 1.27. The Balaban J connectivity index is 2.54. The molecule has 0 radical (unpaired) electrons. The fraction of sp³-hybridized carbons (Fsp3) is 0.533. The molecular formula is C15H24N2OS. The first kappa shape index (κ1) is 16.1. The highest BCUT2D eigenvalue weighted by molar-refractivity contribution is 8.00. The summed E-state index contributed by atoms with van der Waals surface area (Å²) >= 11 is 1.58. The van der Waals surface area contributed by atoms with Crippen molar-refractivity contribution in [2.24, 2.45) is 0 Å². The minimum atomic E-state index is 0.0926. The molecule has 106 valence electrons. The van der Waals surface area contributed by atoms with E-state index in [2.05, 4.69) is 48.7 Å². The van der Waals surface area contributed by atoms with Crippen molar-refractivity contribution in [3.63, 3.8) is 0 Å². The van der Waals surface area contributed by atoms with E-state index in [-0.39, 0.29) is 5.91 Å². The summed E-state index contributed by atoms with van der Waals surface area (Å²) in [6, 6.07) is 8.75. The molecule has 0 aliphatic heterocycles. The van der Waals surface area contributed by atoms with Crippen molar-refractivity contribution in [2.75, 3.05) is 18.8 Å². The lowest BCUT2D eigenvalue weighted by molar-refractivity contribution is -0.118. The van der Waals surface area contributed by atoms with E-state index < -0.39 is 0 Å². The third-order valence-electron chi connectivity index (χ3n) is 2.80. The van der Waals surface area contributed by atoms with Gasteiger partial charge in [0.15, 0.2) is 0 Å². The highest BCUT2D eigenvalue weighted by Gasteiger charge is 2.06. The molecule has 2 N–H and O–H groups in total. The normalized spacial score (nSPS) is 12.2. The van der Waals surface area contributed by atoms with Gasteiger partial charge in [0.25, 0.3) is 0 Å². The van der Waals surface area contributed by atoms with E-state index in [1.807, 2.05) is 6.92 Å². The molecule has 1 amide bonds. The maximum atomic E-state index is 11.4. The average molecular weight is 280 g/mol. The first-order valence-corrected chi connectivity index (χ1v) is 7.88. The molecule has 0 aliphatic rings. The van der Waals surface area contributed by atoms with Crippen LogP contribution in [0.1, 0.15) is 38.8 Å². The van der Waals surface area contributed by atoms with Crippen molar-refractivity contribution >= 4 is 17.7 Å². The van der Waals surface area contributed by atoms with E-state index in [0.29, 0.717) is 18.3 Å². The van der Waals surface area contributed by atoms with Crippen molar-refractivity contribution in [1.29, 1.82) is 0 Å². The molecular weight excluding hydrogens is 256 g/mol. The van der Waals surface area contributed by atoms with E-state index in [1.54, 1.807) is 11.8 Å². The third-order valence-corrected chi connectivity index (χ3v) is 3.80. The number of carbonyl (C=O) groups is 1. The summed E-state index contributed by atoms with van der Waals surface area (Å²) < 4.78 is 0. The Bertz CT molecular complexity index is 395. The van der Waals surface area contributed by atoms with E-state index in [1.165, 1.54) is 5.56 Å². The Morgan fingerprint density at radius 1 is 1.37 bits per heavy atom. The van der Waals surface area contributed by atoms with Crippen LogP contribution in [0.3, 0.4) is 0 Å². The van der Waals surface area contributed by atoms with Crippen LogP contribution in [0.2, 0.25) is 0 Å². The molecule has 1 unspecified atom stereocenters. The van der Waals surface area contributed by atoms with Gasteiger partial charge in [0.2, 0.25) is 5.91 Å². The topological polar surface area (TPSA) is 41.1 Å². The monoisotopic (exact) mass is 280 g/mol. The van der Waals surface area contributed by atoms with Crippen molar-refractivity contribution in [2.45, 2.75) is 38.1 Å². The molecule has 1 rings (SSSR count). The number of rotatable bonds is 8. The van der Waals surface area contributed by atoms with Crippen LogP contribution < -0.4 is 10.6 Å². The third kappa shape index (κ3) is 6.12. The van der Waals surface area contributed by atoms with Crippen LogP contribution in [0, 0.1) is 0 Å². The summed E-state index contributed by atoms with van der Waals surface area (Å²) in [5, 5.41) is 6.28. The predicted molar refractivity (Wildman–Crippen MR) is 82.6 cm³/mol. The lowest BCUT2D eigenvalue weighted by Gasteiger charge is -2.14. The summed E-state index contributed by atoms with van der Waals surface area (Å²) in [7, 11) is 0. The standard InChI is InChI=1S/C15H24N2OS/c1-4-9-17-12(3)13-7-6-8-14(10-13)19-11-15(18)16-5-2/h6-8,10,12,17H,4-5,9,11H2,1-3H3,(H,16,18). The van der Waals surface area contributed by atoms with Gasteiger partial charge in [-0.3, -0.25) is 4.79 Å². The largest absolute Gasteiger partial charge is 0.356 e. The van der Waals surface area contributed by atoms with Gasteiger partial charge in [-0.1, -0.05) is 19.1 Å². The van der Waals surface area contributed by atoms with Crippen LogP contribution in [0.4, 0.5) is 0 Å². The lowest BCUT2D eigenvalue weighted by atomic mass is 10.1. The first-order chi connectivity index (χ1) is 9.17. The summed E-state index contributed by atoms with van der Waals surface area (Å²) in [6.07, 6.45) is 1.13. The Kier molecular flexibility index (Phi) is 7.60. The van der Waals surface area contributed by atoms with Gasteiger partial charge in [0.05, 0.1) is 5.75 Å². The van der Waals surface area contributed by atoms with Crippen molar-refractivity contribution in [1.82, 2.24) is 10.6 Å². The molecule has 4 heteroatoms. The molecule has 0 fully saturated rings. The van der Waals surface area contributed by atoms with Gasteiger partial charge in [0, 0.05) is 17.5 Å². The predicted octanol–water partition coefficient (Wildman–Crippen LogP) is 2.98. The van der Waals surface area contributed by atoms with Gasteiger partial charge in [-0.15, -0.1) is 11.8 Å². The second-order valence-electron chi connectivity index (χ2n) is 4.49. The molecule has 1 atom stereocenters. The first-order valence-electron chi connectivity index (χ1n) is 6.90. The molecule has 1 aromatic rings. The van der Waals surface area contributed by atoms with E-state index in [4.69, 9.17) is 0 Å². The van der Waals surface area contributed by atoms with Crippen LogP contribution in [-0.2, 0) is 4.79 Å². The number of hydrogen-bond acceptors (Lipinski definition) is 3. The molecule has 3 nitrogen and oxygen atoms in total. The number of nitrogens with one attached hydrogen (secondary N) is 2. The zero-order valence-electron chi connectivity index (χ0n) is 12.0. The van der Waals surface area contributed by atoms with Crippen LogP contribution in [0.15, 0.2) is 29.2 Å². The number of hydrogen-bond donors (Lipinski definition) is 2. The highest BCUT2D eigenvalue weighted by atomic mass is 32.2. The number of carbonyl (C=O) groups excluding carboxylic acids is 1. The Morgan fingerprint density at radius 2 is 2.16 bits per heavy atom.